The van der Waals surface area contributed by atoms with E-state index in [0.29, 0.717) is 10.9 Å². The molecule has 0 atom stereocenters. The zero-order chi connectivity index (χ0) is 9.26. The number of fused-ring (bicyclic) bond motifs is 1. The van der Waals surface area contributed by atoms with Crippen LogP contribution in [-0.4, -0.2) is 9.91 Å². The Kier molecular flexibility index (Phi) is 2.73. The molecular weight excluding hydrogens is 182 g/mol. The van der Waals surface area contributed by atoms with Crippen LogP contribution in [0.25, 0.3) is 10.9 Å². The summed E-state index contributed by atoms with van der Waals surface area (Å²) in [7, 11) is 0. The van der Waals surface area contributed by atoms with E-state index in [0.717, 1.165) is 0 Å². The molecule has 69 valence electrons. The van der Waals surface area contributed by atoms with Crippen molar-refractivity contribution in [1.29, 1.82) is 0 Å². The molecule has 0 aliphatic carbocycles. The molecule has 1 heterocycles. The van der Waals surface area contributed by atoms with Gasteiger partial charge in [0.15, 0.2) is 0 Å². The first-order chi connectivity index (χ1) is 6.29. The van der Waals surface area contributed by atoms with E-state index in [1.807, 2.05) is 0 Å². The molecule has 0 spiro atoms. The van der Waals surface area contributed by atoms with Gasteiger partial charge in [0.2, 0.25) is 0 Å². The Morgan fingerprint density at radius 1 is 1.21 bits per heavy atom. The predicted molar refractivity (Wildman–Crippen MR) is 50.5 cm³/mol. The van der Waals surface area contributed by atoms with Crippen molar-refractivity contribution in [2.45, 2.75) is 0 Å². The zero-order valence-corrected chi connectivity index (χ0v) is 7.12. The van der Waals surface area contributed by atoms with E-state index in [9.17, 15) is 10.1 Å². The molecule has 0 fully saturated rings. The summed E-state index contributed by atoms with van der Waals surface area (Å²) >= 11 is 0. The highest BCUT2D eigenvalue weighted by Crippen LogP contribution is 2.22. The standard InChI is InChI=1S/C9H6N2O2.N/c12-11(13)9-5-6-10-8-4-2-1-3-7(8)9;/h1-6H;. The van der Waals surface area contributed by atoms with Crippen LogP contribution in [0.5, 0.6) is 0 Å². The van der Waals surface area contributed by atoms with E-state index < -0.39 is 4.92 Å². The van der Waals surface area contributed by atoms with Crippen molar-refractivity contribution in [3.05, 3.63) is 46.6 Å². The molecule has 14 heavy (non-hydrogen) atoms. The van der Waals surface area contributed by atoms with Gasteiger partial charge in [-0.25, -0.2) is 0 Å². The van der Waals surface area contributed by atoms with Crippen LogP contribution in [-0.2, 0) is 0 Å². The molecular formula is C9H6N3O2. The lowest BCUT2D eigenvalue weighted by Crippen LogP contribution is -1.90. The Labute approximate surface area is 80.1 Å². The highest BCUT2D eigenvalue weighted by atomic mass is 16.6. The molecule has 0 aliphatic rings. The average molecular weight is 188 g/mol. The fourth-order valence-corrected chi connectivity index (χ4v) is 1.24. The minimum absolute atomic E-state index is 0. The molecule has 1 aromatic carbocycles. The summed E-state index contributed by atoms with van der Waals surface area (Å²) in [6.07, 6.45) is 1.44. The molecule has 0 amide bonds. The summed E-state index contributed by atoms with van der Waals surface area (Å²) < 4.78 is 0. The number of hydrogen-bond acceptors (Lipinski definition) is 3. The van der Waals surface area contributed by atoms with E-state index in [1.165, 1.54) is 12.3 Å². The van der Waals surface area contributed by atoms with E-state index in [2.05, 4.69) is 4.98 Å². The third-order valence-electron chi connectivity index (χ3n) is 1.82. The summed E-state index contributed by atoms with van der Waals surface area (Å²) in [4.78, 5) is 14.2. The smallest absolute Gasteiger partial charge is 0.258 e. The molecule has 5 heteroatoms. The van der Waals surface area contributed by atoms with Crippen LogP contribution in [0.3, 0.4) is 0 Å². The number of nitrogens with zero attached hydrogens (tertiary/aromatic N) is 3. The Bertz CT molecular complexity index is 465. The molecule has 1 aromatic heterocycles. The molecule has 2 aromatic rings. The molecule has 0 bridgehead atoms. The van der Waals surface area contributed by atoms with Crippen LogP contribution in [0.2, 0.25) is 0 Å². The lowest BCUT2D eigenvalue weighted by Gasteiger charge is -1.96. The fraction of sp³-hybridized carbons (Fsp3) is 0. The Morgan fingerprint density at radius 2 is 1.93 bits per heavy atom. The van der Waals surface area contributed by atoms with Crippen LogP contribution in [0.1, 0.15) is 0 Å². The van der Waals surface area contributed by atoms with Gasteiger partial charge in [-0.3, -0.25) is 15.1 Å². The van der Waals surface area contributed by atoms with E-state index in [4.69, 9.17) is 0 Å². The highest BCUT2D eigenvalue weighted by Gasteiger charge is 2.09. The minimum atomic E-state index is -0.399. The normalized spacial score (nSPS) is 9.43. The largest absolute Gasteiger partial charge is 0.280 e. The third-order valence-corrected chi connectivity index (χ3v) is 1.82. The first-order valence-corrected chi connectivity index (χ1v) is 3.77. The molecule has 0 saturated heterocycles. The number of para-hydroxylation sites is 1. The first kappa shape index (κ1) is 10.1. The second-order valence-electron chi connectivity index (χ2n) is 2.60. The minimum Gasteiger partial charge on any atom is -0.258 e. The molecule has 3 radical (unpaired) electrons. The second-order valence-corrected chi connectivity index (χ2v) is 2.60. The van der Waals surface area contributed by atoms with E-state index >= 15 is 0 Å². The van der Waals surface area contributed by atoms with Crippen molar-refractivity contribution in [2.24, 2.45) is 0 Å². The van der Waals surface area contributed by atoms with E-state index in [-0.39, 0.29) is 11.8 Å². The second kappa shape index (κ2) is 3.80. The van der Waals surface area contributed by atoms with Crippen LogP contribution in [0.15, 0.2) is 36.5 Å². The van der Waals surface area contributed by atoms with Crippen molar-refractivity contribution in [3.63, 3.8) is 0 Å². The summed E-state index contributed by atoms with van der Waals surface area (Å²) in [6, 6.07) is 8.42. The van der Waals surface area contributed by atoms with Gasteiger partial charge in [-0.05, 0) is 12.1 Å². The maximum atomic E-state index is 10.6. The van der Waals surface area contributed by atoms with E-state index in [1.54, 1.807) is 24.3 Å². The van der Waals surface area contributed by atoms with Gasteiger partial charge in [0.05, 0.1) is 15.8 Å². The van der Waals surface area contributed by atoms with Crippen molar-refractivity contribution < 1.29 is 4.92 Å². The topological polar surface area (TPSA) is 86.5 Å². The Balaban J connectivity index is 0.000000980. The molecule has 0 N–H and O–H groups in total. The molecule has 0 saturated carbocycles. The SMILES string of the molecule is O=[N+]([O-])c1ccnc2ccccc12.[N]. The van der Waals surface area contributed by atoms with Gasteiger partial charge in [-0.1, -0.05) is 12.1 Å². The molecule has 5 nitrogen and oxygen atoms in total. The number of pyridine rings is 1. The van der Waals surface area contributed by atoms with Gasteiger partial charge in [0.25, 0.3) is 5.69 Å². The van der Waals surface area contributed by atoms with Gasteiger partial charge >= 0.3 is 0 Å². The molecule has 0 aliphatic heterocycles. The average Bonchev–Trinajstić information content (AvgIpc) is 2.17. The number of aromatic nitrogens is 1. The lowest BCUT2D eigenvalue weighted by atomic mass is 10.2. The van der Waals surface area contributed by atoms with Crippen LogP contribution < -0.4 is 6.15 Å². The molecule has 2 rings (SSSR count). The lowest BCUT2D eigenvalue weighted by molar-refractivity contribution is -0.383. The number of hydrogen-bond donors (Lipinski definition) is 0. The van der Waals surface area contributed by atoms with Crippen molar-refractivity contribution in [1.82, 2.24) is 11.1 Å². The van der Waals surface area contributed by atoms with Gasteiger partial charge in [0.1, 0.15) is 0 Å². The van der Waals surface area contributed by atoms with Gasteiger partial charge in [-0.15, -0.1) is 0 Å². The van der Waals surface area contributed by atoms with Crippen LogP contribution >= 0.6 is 0 Å². The number of rotatable bonds is 1. The summed E-state index contributed by atoms with van der Waals surface area (Å²) in [5.74, 6) is 0. The van der Waals surface area contributed by atoms with Crippen LogP contribution in [0.4, 0.5) is 5.69 Å². The van der Waals surface area contributed by atoms with Crippen LogP contribution in [0, 0.1) is 10.1 Å². The monoisotopic (exact) mass is 188 g/mol. The number of benzene rings is 1. The number of nitro groups is 1. The van der Waals surface area contributed by atoms with Gasteiger partial charge in [0, 0.05) is 18.4 Å². The summed E-state index contributed by atoms with van der Waals surface area (Å²) in [5, 5.41) is 11.2. The maximum Gasteiger partial charge on any atom is 0.280 e. The van der Waals surface area contributed by atoms with Crippen molar-refractivity contribution in [3.8, 4) is 0 Å². The Morgan fingerprint density at radius 3 is 2.64 bits per heavy atom. The summed E-state index contributed by atoms with van der Waals surface area (Å²) in [5.41, 5.74) is 0.752. The Hall–Kier alpha value is -2.01. The van der Waals surface area contributed by atoms with Gasteiger partial charge in [-0.2, -0.15) is 0 Å². The predicted octanol–water partition coefficient (Wildman–Crippen LogP) is 1.66. The van der Waals surface area contributed by atoms with Crippen molar-refractivity contribution in [2.75, 3.05) is 0 Å². The quantitative estimate of drug-likeness (QED) is 0.503. The maximum absolute atomic E-state index is 10.6. The summed E-state index contributed by atoms with van der Waals surface area (Å²) in [6.45, 7) is 0. The van der Waals surface area contributed by atoms with Crippen molar-refractivity contribution >= 4 is 16.6 Å². The molecule has 0 unspecified atom stereocenters. The third kappa shape index (κ3) is 1.53. The highest BCUT2D eigenvalue weighted by molar-refractivity contribution is 5.87. The first-order valence-electron chi connectivity index (χ1n) is 3.77. The fourth-order valence-electron chi connectivity index (χ4n) is 1.24. The van der Waals surface area contributed by atoms with Gasteiger partial charge < -0.3 is 0 Å². The zero-order valence-electron chi connectivity index (χ0n) is 7.12.